The number of benzene rings is 1. The van der Waals surface area contributed by atoms with Crippen molar-refractivity contribution >= 4 is 17.6 Å². The summed E-state index contributed by atoms with van der Waals surface area (Å²) in [6.07, 6.45) is 0. The number of rotatable bonds is 4. The summed E-state index contributed by atoms with van der Waals surface area (Å²) >= 11 is 0. The molecule has 1 fully saturated rings. The molecule has 1 saturated heterocycles. The van der Waals surface area contributed by atoms with E-state index in [-0.39, 0.29) is 19.1 Å². The summed E-state index contributed by atoms with van der Waals surface area (Å²) in [5.74, 6) is -1.33. The highest BCUT2D eigenvalue weighted by Crippen LogP contribution is 2.15. The van der Waals surface area contributed by atoms with Crippen LogP contribution in [-0.4, -0.2) is 49.3 Å². The Hall–Kier alpha value is -1.92. The Morgan fingerprint density at radius 2 is 2.11 bits per heavy atom. The second kappa shape index (κ2) is 6.31. The third-order valence-electron chi connectivity index (χ3n) is 2.85. The van der Waals surface area contributed by atoms with Gasteiger partial charge in [0.25, 0.3) is 0 Å². The molecule has 0 bridgehead atoms. The SMILES string of the molecule is O=C(O)CN(C(=O)C1COCCN1)c1ccccc1. The van der Waals surface area contributed by atoms with Crippen molar-refractivity contribution in [3.63, 3.8) is 0 Å². The van der Waals surface area contributed by atoms with E-state index < -0.39 is 12.0 Å². The molecule has 0 radical (unpaired) electrons. The fraction of sp³-hybridized carbons (Fsp3) is 0.385. The van der Waals surface area contributed by atoms with Gasteiger partial charge in [0.15, 0.2) is 0 Å². The van der Waals surface area contributed by atoms with Gasteiger partial charge in [-0.25, -0.2) is 0 Å². The zero-order valence-corrected chi connectivity index (χ0v) is 10.4. The number of carboxylic acid groups (broad SMARTS) is 1. The molecule has 1 aliphatic rings. The highest BCUT2D eigenvalue weighted by molar-refractivity contribution is 6.00. The van der Waals surface area contributed by atoms with E-state index in [4.69, 9.17) is 9.84 Å². The van der Waals surface area contributed by atoms with Gasteiger partial charge in [-0.1, -0.05) is 18.2 Å². The quantitative estimate of drug-likeness (QED) is 0.806. The summed E-state index contributed by atoms with van der Waals surface area (Å²) < 4.78 is 5.24. The molecule has 1 aromatic carbocycles. The second-order valence-corrected chi connectivity index (χ2v) is 4.24. The molecule has 1 unspecified atom stereocenters. The molecular formula is C13H16N2O4. The number of carbonyl (C=O) groups is 2. The molecular weight excluding hydrogens is 248 g/mol. The molecule has 0 aliphatic carbocycles. The first kappa shape index (κ1) is 13.5. The monoisotopic (exact) mass is 264 g/mol. The summed E-state index contributed by atoms with van der Waals surface area (Å²) in [7, 11) is 0. The van der Waals surface area contributed by atoms with Gasteiger partial charge in [-0.05, 0) is 12.1 Å². The van der Waals surface area contributed by atoms with Crippen LogP contribution in [0.1, 0.15) is 0 Å². The smallest absolute Gasteiger partial charge is 0.323 e. The van der Waals surface area contributed by atoms with Crippen molar-refractivity contribution in [1.29, 1.82) is 0 Å². The van der Waals surface area contributed by atoms with Crippen LogP contribution in [-0.2, 0) is 14.3 Å². The highest BCUT2D eigenvalue weighted by Gasteiger charge is 2.28. The van der Waals surface area contributed by atoms with E-state index in [1.165, 1.54) is 4.90 Å². The van der Waals surface area contributed by atoms with Gasteiger partial charge in [-0.2, -0.15) is 0 Å². The zero-order chi connectivity index (χ0) is 13.7. The van der Waals surface area contributed by atoms with Gasteiger partial charge in [0.05, 0.1) is 13.2 Å². The normalized spacial score (nSPS) is 18.8. The molecule has 0 saturated carbocycles. The molecule has 6 heteroatoms. The molecule has 1 aromatic rings. The van der Waals surface area contributed by atoms with Crippen LogP contribution in [0.2, 0.25) is 0 Å². The zero-order valence-electron chi connectivity index (χ0n) is 10.4. The van der Waals surface area contributed by atoms with Crippen molar-refractivity contribution in [3.8, 4) is 0 Å². The number of ether oxygens (including phenoxy) is 1. The molecule has 0 aromatic heterocycles. The van der Waals surface area contributed by atoms with Gasteiger partial charge < -0.3 is 15.2 Å². The Bertz CT molecular complexity index is 443. The van der Waals surface area contributed by atoms with Crippen LogP contribution in [0.25, 0.3) is 0 Å². The van der Waals surface area contributed by atoms with Gasteiger partial charge in [-0.3, -0.25) is 14.5 Å². The predicted octanol–water partition coefficient (Wildman–Crippen LogP) is 0.0926. The summed E-state index contributed by atoms with van der Waals surface area (Å²) in [5.41, 5.74) is 0.572. The molecule has 102 valence electrons. The Labute approximate surface area is 111 Å². The number of hydrogen-bond donors (Lipinski definition) is 2. The summed E-state index contributed by atoms with van der Waals surface area (Å²) in [4.78, 5) is 24.5. The average molecular weight is 264 g/mol. The number of morpholine rings is 1. The topological polar surface area (TPSA) is 78.9 Å². The van der Waals surface area contributed by atoms with E-state index in [1.54, 1.807) is 24.3 Å². The van der Waals surface area contributed by atoms with E-state index in [1.807, 2.05) is 6.07 Å². The van der Waals surface area contributed by atoms with Gasteiger partial charge >= 0.3 is 5.97 Å². The maximum atomic E-state index is 12.4. The Morgan fingerprint density at radius 1 is 1.37 bits per heavy atom. The van der Waals surface area contributed by atoms with Gasteiger partial charge in [0, 0.05) is 12.2 Å². The lowest BCUT2D eigenvalue weighted by atomic mass is 10.2. The molecule has 19 heavy (non-hydrogen) atoms. The average Bonchev–Trinajstić information content (AvgIpc) is 2.46. The fourth-order valence-electron chi connectivity index (χ4n) is 1.95. The van der Waals surface area contributed by atoms with Crippen LogP contribution >= 0.6 is 0 Å². The van der Waals surface area contributed by atoms with Crippen molar-refractivity contribution in [3.05, 3.63) is 30.3 Å². The van der Waals surface area contributed by atoms with Gasteiger partial charge in [0.1, 0.15) is 12.6 Å². The van der Waals surface area contributed by atoms with E-state index in [2.05, 4.69) is 5.32 Å². The first-order valence-corrected chi connectivity index (χ1v) is 6.08. The standard InChI is InChI=1S/C13H16N2O4/c16-12(17)8-15(10-4-2-1-3-5-10)13(18)11-9-19-7-6-14-11/h1-5,11,14H,6-9H2,(H,16,17). The van der Waals surface area contributed by atoms with Crippen LogP contribution in [0.5, 0.6) is 0 Å². The lowest BCUT2D eigenvalue weighted by Crippen LogP contribution is -2.53. The predicted molar refractivity (Wildman–Crippen MR) is 69.0 cm³/mol. The molecule has 2 N–H and O–H groups in total. The van der Waals surface area contributed by atoms with Crippen molar-refractivity contribution in [2.75, 3.05) is 31.2 Å². The van der Waals surface area contributed by atoms with Gasteiger partial charge in [0.2, 0.25) is 5.91 Å². The largest absolute Gasteiger partial charge is 0.480 e. The number of hydrogen-bond acceptors (Lipinski definition) is 4. The van der Waals surface area contributed by atoms with E-state index in [0.717, 1.165) is 0 Å². The number of para-hydroxylation sites is 1. The maximum Gasteiger partial charge on any atom is 0.323 e. The van der Waals surface area contributed by atoms with Crippen LogP contribution in [0.4, 0.5) is 5.69 Å². The van der Waals surface area contributed by atoms with Crippen molar-refractivity contribution < 1.29 is 19.4 Å². The van der Waals surface area contributed by atoms with E-state index in [9.17, 15) is 9.59 Å². The summed E-state index contributed by atoms with van der Waals surface area (Å²) in [6.45, 7) is 1.06. The van der Waals surface area contributed by atoms with Crippen molar-refractivity contribution in [2.45, 2.75) is 6.04 Å². The minimum Gasteiger partial charge on any atom is -0.480 e. The first-order valence-electron chi connectivity index (χ1n) is 6.08. The maximum absolute atomic E-state index is 12.4. The Kier molecular flexibility index (Phi) is 4.48. The molecule has 1 aliphatic heterocycles. The van der Waals surface area contributed by atoms with Crippen LogP contribution in [0, 0.1) is 0 Å². The molecule has 6 nitrogen and oxygen atoms in total. The second-order valence-electron chi connectivity index (χ2n) is 4.24. The number of aliphatic carboxylic acids is 1. The van der Waals surface area contributed by atoms with Crippen molar-refractivity contribution in [1.82, 2.24) is 5.32 Å². The number of amides is 1. The third kappa shape index (κ3) is 3.52. The molecule has 1 atom stereocenters. The molecule has 1 heterocycles. The minimum atomic E-state index is -1.05. The molecule has 1 amide bonds. The Balaban J connectivity index is 2.17. The highest BCUT2D eigenvalue weighted by atomic mass is 16.5. The summed E-state index contributed by atoms with van der Waals surface area (Å²) in [6, 6.07) is 8.28. The Morgan fingerprint density at radius 3 is 2.68 bits per heavy atom. The van der Waals surface area contributed by atoms with E-state index >= 15 is 0 Å². The van der Waals surface area contributed by atoms with Crippen LogP contribution < -0.4 is 10.2 Å². The molecule has 0 spiro atoms. The van der Waals surface area contributed by atoms with E-state index in [0.29, 0.717) is 18.8 Å². The molecule has 2 rings (SSSR count). The fourth-order valence-corrected chi connectivity index (χ4v) is 1.95. The van der Waals surface area contributed by atoms with Crippen LogP contribution in [0.15, 0.2) is 30.3 Å². The number of carbonyl (C=O) groups excluding carboxylic acids is 1. The third-order valence-corrected chi connectivity index (χ3v) is 2.85. The lowest BCUT2D eigenvalue weighted by molar-refractivity contribution is -0.137. The first-order chi connectivity index (χ1) is 9.18. The number of nitrogens with one attached hydrogen (secondary N) is 1. The number of carboxylic acids is 1. The summed E-state index contributed by atoms with van der Waals surface area (Å²) in [5, 5.41) is 12.0. The lowest BCUT2D eigenvalue weighted by Gasteiger charge is -2.29. The van der Waals surface area contributed by atoms with Gasteiger partial charge in [-0.15, -0.1) is 0 Å². The number of anilines is 1. The van der Waals surface area contributed by atoms with Crippen LogP contribution in [0.3, 0.4) is 0 Å². The van der Waals surface area contributed by atoms with Crippen molar-refractivity contribution in [2.24, 2.45) is 0 Å². The minimum absolute atomic E-state index is 0.266. The number of nitrogens with zero attached hydrogens (tertiary/aromatic N) is 1.